The molecule has 1 unspecified atom stereocenters. The van der Waals surface area contributed by atoms with Crippen LogP contribution in [0, 0.1) is 0 Å². The van der Waals surface area contributed by atoms with E-state index in [0.29, 0.717) is 12.2 Å². The molecule has 0 amide bonds. The molecule has 0 heterocycles. The maximum Gasteiger partial charge on any atom is 0.416 e. The fourth-order valence-electron chi connectivity index (χ4n) is 1.43. The first kappa shape index (κ1) is 13.8. The molecule has 2 nitrogen and oxygen atoms in total. The minimum Gasteiger partial charge on any atom is -0.494 e. The fourth-order valence-corrected chi connectivity index (χ4v) is 1.43. The fraction of sp³-hybridized carbons (Fsp3) is 0.500. The van der Waals surface area contributed by atoms with Crippen molar-refractivity contribution in [2.45, 2.75) is 25.9 Å². The minimum atomic E-state index is -4.41. The van der Waals surface area contributed by atoms with Crippen LogP contribution in [0.1, 0.15) is 30.9 Å². The van der Waals surface area contributed by atoms with Gasteiger partial charge in [0.05, 0.1) is 12.2 Å². The number of aliphatic hydroxyl groups excluding tert-OH is 1. The van der Waals surface area contributed by atoms with Gasteiger partial charge in [-0.2, -0.15) is 13.2 Å². The van der Waals surface area contributed by atoms with Crippen LogP contribution in [0.4, 0.5) is 13.2 Å². The largest absolute Gasteiger partial charge is 0.494 e. The average Bonchev–Trinajstić information content (AvgIpc) is 2.27. The molecule has 5 heteroatoms. The number of ether oxygens (including phenoxy) is 1. The van der Waals surface area contributed by atoms with E-state index in [2.05, 4.69) is 0 Å². The zero-order chi connectivity index (χ0) is 13.1. The van der Waals surface area contributed by atoms with Crippen LogP contribution in [0.3, 0.4) is 0 Å². The van der Waals surface area contributed by atoms with Gasteiger partial charge in [0.2, 0.25) is 0 Å². The summed E-state index contributed by atoms with van der Waals surface area (Å²) in [6.45, 7) is 3.46. The number of alkyl halides is 3. The van der Waals surface area contributed by atoms with Gasteiger partial charge in [-0.15, -0.1) is 0 Å². The van der Waals surface area contributed by atoms with Gasteiger partial charge in [0.1, 0.15) is 5.75 Å². The zero-order valence-electron chi connectivity index (χ0n) is 9.71. The molecule has 0 aromatic heterocycles. The van der Waals surface area contributed by atoms with E-state index in [1.165, 1.54) is 6.07 Å². The van der Waals surface area contributed by atoms with Crippen molar-refractivity contribution in [1.29, 1.82) is 0 Å². The van der Waals surface area contributed by atoms with Crippen molar-refractivity contribution in [3.8, 4) is 5.75 Å². The van der Waals surface area contributed by atoms with E-state index in [4.69, 9.17) is 9.84 Å². The molecule has 0 aliphatic carbocycles. The van der Waals surface area contributed by atoms with Crippen LogP contribution in [0.2, 0.25) is 0 Å². The van der Waals surface area contributed by atoms with Gasteiger partial charge in [-0.3, -0.25) is 0 Å². The van der Waals surface area contributed by atoms with Crippen LogP contribution in [0.5, 0.6) is 5.75 Å². The Morgan fingerprint density at radius 2 is 1.94 bits per heavy atom. The Morgan fingerprint density at radius 1 is 1.29 bits per heavy atom. The molecule has 17 heavy (non-hydrogen) atoms. The van der Waals surface area contributed by atoms with E-state index in [1.807, 2.05) is 0 Å². The summed E-state index contributed by atoms with van der Waals surface area (Å²) in [6.07, 6.45) is -4.41. The predicted octanol–water partition coefficient (Wildman–Crippen LogP) is 3.20. The third kappa shape index (κ3) is 3.63. The molecular weight excluding hydrogens is 233 g/mol. The van der Waals surface area contributed by atoms with Crippen molar-refractivity contribution in [3.63, 3.8) is 0 Å². The number of hydrogen-bond acceptors (Lipinski definition) is 2. The third-order valence-electron chi connectivity index (χ3n) is 2.41. The lowest BCUT2D eigenvalue weighted by Gasteiger charge is -2.15. The maximum absolute atomic E-state index is 12.6. The second-order valence-electron chi connectivity index (χ2n) is 3.81. The number of benzene rings is 1. The van der Waals surface area contributed by atoms with Gasteiger partial charge in [-0.05, 0) is 30.7 Å². The first-order chi connectivity index (χ1) is 7.88. The van der Waals surface area contributed by atoms with Crippen molar-refractivity contribution < 1.29 is 23.0 Å². The van der Waals surface area contributed by atoms with Gasteiger partial charge in [0, 0.05) is 12.5 Å². The van der Waals surface area contributed by atoms with E-state index in [9.17, 15) is 13.2 Å². The monoisotopic (exact) mass is 248 g/mol. The summed E-state index contributed by atoms with van der Waals surface area (Å²) in [5, 5.41) is 8.98. The molecule has 0 saturated carbocycles. The highest BCUT2D eigenvalue weighted by Crippen LogP contribution is 2.34. The van der Waals surface area contributed by atoms with Crippen molar-refractivity contribution in [2.75, 3.05) is 13.2 Å². The summed E-state index contributed by atoms with van der Waals surface area (Å²) in [7, 11) is 0. The SMILES string of the molecule is CCOc1cc(C(C)CO)cc(C(F)(F)F)c1. The van der Waals surface area contributed by atoms with Crippen LogP contribution in [-0.4, -0.2) is 18.3 Å². The molecule has 96 valence electrons. The molecule has 0 spiro atoms. The summed E-state index contributed by atoms with van der Waals surface area (Å²) in [6, 6.07) is 3.54. The Labute approximate surface area is 98.0 Å². The highest BCUT2D eigenvalue weighted by atomic mass is 19.4. The Morgan fingerprint density at radius 3 is 2.41 bits per heavy atom. The summed E-state index contributed by atoms with van der Waals surface area (Å²) in [5.74, 6) is -0.172. The Balaban J connectivity index is 3.18. The molecular formula is C12H15F3O2. The Bertz CT molecular complexity index is 375. The van der Waals surface area contributed by atoms with E-state index in [0.717, 1.165) is 12.1 Å². The minimum absolute atomic E-state index is 0.178. The molecule has 0 aliphatic heterocycles. The quantitative estimate of drug-likeness (QED) is 0.886. The highest BCUT2D eigenvalue weighted by molar-refractivity contribution is 5.37. The molecule has 1 rings (SSSR count). The van der Waals surface area contributed by atoms with Crippen molar-refractivity contribution in [2.24, 2.45) is 0 Å². The Hall–Kier alpha value is -1.23. The molecule has 1 aromatic carbocycles. The normalized spacial score (nSPS) is 13.5. The first-order valence-electron chi connectivity index (χ1n) is 5.34. The predicted molar refractivity (Wildman–Crippen MR) is 58.1 cm³/mol. The molecule has 1 atom stereocenters. The lowest BCUT2D eigenvalue weighted by molar-refractivity contribution is -0.137. The van der Waals surface area contributed by atoms with Gasteiger partial charge in [0.25, 0.3) is 0 Å². The van der Waals surface area contributed by atoms with Gasteiger partial charge in [-0.1, -0.05) is 6.92 Å². The van der Waals surface area contributed by atoms with E-state index in [-0.39, 0.29) is 18.3 Å². The van der Waals surface area contributed by atoms with E-state index >= 15 is 0 Å². The molecule has 1 N–H and O–H groups in total. The highest BCUT2D eigenvalue weighted by Gasteiger charge is 2.31. The number of aliphatic hydroxyl groups is 1. The lowest BCUT2D eigenvalue weighted by atomic mass is 9.99. The molecule has 0 bridgehead atoms. The van der Waals surface area contributed by atoms with Crippen LogP contribution in [-0.2, 0) is 6.18 Å². The average molecular weight is 248 g/mol. The number of halogens is 3. The summed E-state index contributed by atoms with van der Waals surface area (Å²) in [5.41, 5.74) is -0.329. The van der Waals surface area contributed by atoms with Gasteiger partial charge < -0.3 is 9.84 Å². The van der Waals surface area contributed by atoms with E-state index in [1.54, 1.807) is 13.8 Å². The van der Waals surface area contributed by atoms with Crippen LogP contribution in [0.25, 0.3) is 0 Å². The second kappa shape index (κ2) is 5.40. The van der Waals surface area contributed by atoms with Gasteiger partial charge >= 0.3 is 6.18 Å². The van der Waals surface area contributed by atoms with Gasteiger partial charge in [-0.25, -0.2) is 0 Å². The zero-order valence-corrected chi connectivity index (χ0v) is 9.71. The summed E-state index contributed by atoms with van der Waals surface area (Å²) >= 11 is 0. The summed E-state index contributed by atoms with van der Waals surface area (Å²) in [4.78, 5) is 0. The van der Waals surface area contributed by atoms with Crippen LogP contribution in [0.15, 0.2) is 18.2 Å². The standard InChI is InChI=1S/C12H15F3O2/c1-3-17-11-5-9(8(2)7-16)4-10(6-11)12(13,14)15/h4-6,8,16H,3,7H2,1-2H3. The van der Waals surface area contributed by atoms with Crippen LogP contribution < -0.4 is 4.74 Å². The van der Waals surface area contributed by atoms with Crippen molar-refractivity contribution in [3.05, 3.63) is 29.3 Å². The molecule has 0 saturated heterocycles. The Kier molecular flexibility index (Phi) is 4.40. The molecule has 0 radical (unpaired) electrons. The second-order valence-corrected chi connectivity index (χ2v) is 3.81. The maximum atomic E-state index is 12.6. The third-order valence-corrected chi connectivity index (χ3v) is 2.41. The number of hydrogen-bond donors (Lipinski definition) is 1. The smallest absolute Gasteiger partial charge is 0.416 e. The molecule has 0 fully saturated rings. The van der Waals surface area contributed by atoms with Crippen molar-refractivity contribution in [1.82, 2.24) is 0 Å². The number of rotatable bonds is 4. The topological polar surface area (TPSA) is 29.5 Å². The van der Waals surface area contributed by atoms with Crippen molar-refractivity contribution >= 4 is 0 Å². The molecule has 0 aliphatic rings. The molecule has 1 aromatic rings. The summed E-state index contributed by atoms with van der Waals surface area (Å²) < 4.78 is 43.0. The lowest BCUT2D eigenvalue weighted by Crippen LogP contribution is -2.08. The van der Waals surface area contributed by atoms with Gasteiger partial charge in [0.15, 0.2) is 0 Å². The first-order valence-corrected chi connectivity index (χ1v) is 5.34. The van der Waals surface area contributed by atoms with Crippen LogP contribution >= 0.6 is 0 Å². The van der Waals surface area contributed by atoms with E-state index < -0.39 is 11.7 Å².